The van der Waals surface area contributed by atoms with Gasteiger partial charge in [0, 0.05) is 6.20 Å². The maximum atomic E-state index is 12.2. The molecule has 0 radical (unpaired) electrons. The summed E-state index contributed by atoms with van der Waals surface area (Å²) in [6.45, 7) is -0.399. The molecule has 0 saturated carbocycles. The quantitative estimate of drug-likeness (QED) is 0.451. The Morgan fingerprint density at radius 3 is 2.48 bits per heavy atom. The highest BCUT2D eigenvalue weighted by Crippen LogP contribution is 2.12. The number of sulfonamides is 1. The zero-order valence-electron chi connectivity index (χ0n) is 14.0. The molecule has 0 bridgehead atoms. The van der Waals surface area contributed by atoms with Crippen LogP contribution in [0.25, 0.3) is 0 Å². The average Bonchev–Trinajstić information content (AvgIpc) is 3.38. The molecule has 2 aromatic heterocycles. The lowest BCUT2D eigenvalue weighted by Gasteiger charge is -2.07. The SMILES string of the molecule is O=C(OCC(=O)c1ccc[nH]1)c1ccc(S(=O)(=O)NCc2ccco2)cc1. The molecule has 0 spiro atoms. The van der Waals surface area contributed by atoms with Crippen molar-refractivity contribution in [1.82, 2.24) is 9.71 Å². The normalized spacial score (nSPS) is 11.3. The van der Waals surface area contributed by atoms with Crippen LogP contribution in [0.1, 0.15) is 26.6 Å². The molecule has 0 atom stereocenters. The molecule has 0 fully saturated rings. The van der Waals surface area contributed by atoms with Gasteiger partial charge >= 0.3 is 5.97 Å². The summed E-state index contributed by atoms with van der Waals surface area (Å²) in [6, 6.07) is 11.8. The van der Waals surface area contributed by atoms with Crippen LogP contribution in [0.15, 0.2) is 70.3 Å². The summed E-state index contributed by atoms with van der Waals surface area (Å²) in [5, 5.41) is 0. The van der Waals surface area contributed by atoms with Gasteiger partial charge in [-0.2, -0.15) is 0 Å². The Kier molecular flexibility index (Phi) is 5.53. The van der Waals surface area contributed by atoms with Gasteiger partial charge in [0.25, 0.3) is 0 Å². The van der Waals surface area contributed by atoms with E-state index in [9.17, 15) is 18.0 Å². The first-order chi connectivity index (χ1) is 13.0. The van der Waals surface area contributed by atoms with Crippen LogP contribution in [0.2, 0.25) is 0 Å². The fourth-order valence-electron chi connectivity index (χ4n) is 2.23. The molecular formula is C18H16N2O6S. The maximum Gasteiger partial charge on any atom is 0.338 e. The zero-order chi connectivity index (χ0) is 19.3. The van der Waals surface area contributed by atoms with Crippen molar-refractivity contribution in [1.29, 1.82) is 0 Å². The van der Waals surface area contributed by atoms with Crippen LogP contribution >= 0.6 is 0 Å². The second kappa shape index (κ2) is 8.02. The van der Waals surface area contributed by atoms with Gasteiger partial charge in [-0.1, -0.05) is 0 Å². The van der Waals surface area contributed by atoms with Gasteiger partial charge in [-0.15, -0.1) is 0 Å². The number of ether oxygens (including phenoxy) is 1. The van der Waals surface area contributed by atoms with E-state index in [1.165, 1.54) is 30.5 Å². The summed E-state index contributed by atoms with van der Waals surface area (Å²) in [7, 11) is -3.75. The largest absolute Gasteiger partial charge is 0.468 e. The Morgan fingerprint density at radius 2 is 1.85 bits per heavy atom. The molecule has 2 N–H and O–H groups in total. The number of furan rings is 1. The number of carbonyl (C=O) groups excluding carboxylic acids is 2. The van der Waals surface area contributed by atoms with Gasteiger partial charge in [0.2, 0.25) is 15.8 Å². The van der Waals surface area contributed by atoms with Gasteiger partial charge in [0.05, 0.1) is 29.0 Å². The van der Waals surface area contributed by atoms with Gasteiger partial charge in [-0.05, 0) is 48.5 Å². The Labute approximate surface area is 155 Å². The van der Waals surface area contributed by atoms with Crippen molar-refractivity contribution >= 4 is 21.8 Å². The molecule has 0 saturated heterocycles. The van der Waals surface area contributed by atoms with Crippen LogP contribution in [0.4, 0.5) is 0 Å². The first-order valence-electron chi connectivity index (χ1n) is 7.91. The highest BCUT2D eigenvalue weighted by atomic mass is 32.2. The maximum absolute atomic E-state index is 12.2. The number of benzene rings is 1. The number of nitrogens with one attached hydrogen (secondary N) is 2. The van der Waals surface area contributed by atoms with E-state index in [1.54, 1.807) is 30.5 Å². The van der Waals surface area contributed by atoms with Crippen molar-refractivity contribution in [2.45, 2.75) is 11.4 Å². The second-order valence-corrected chi connectivity index (χ2v) is 7.28. The monoisotopic (exact) mass is 388 g/mol. The number of ketones is 1. The predicted octanol–water partition coefficient (Wildman–Crippen LogP) is 2.13. The Bertz CT molecular complexity index is 1010. The van der Waals surface area contributed by atoms with E-state index in [0.29, 0.717) is 11.5 Å². The van der Waals surface area contributed by atoms with Crippen molar-refractivity contribution in [3.05, 3.63) is 78.0 Å². The second-order valence-electron chi connectivity index (χ2n) is 5.51. The van der Waals surface area contributed by atoms with Crippen molar-refractivity contribution in [2.24, 2.45) is 0 Å². The lowest BCUT2D eigenvalue weighted by atomic mass is 10.2. The summed E-state index contributed by atoms with van der Waals surface area (Å²) in [4.78, 5) is 26.5. The molecule has 27 heavy (non-hydrogen) atoms. The molecule has 8 nitrogen and oxygen atoms in total. The van der Waals surface area contributed by atoms with E-state index in [-0.39, 0.29) is 22.8 Å². The third-order valence-corrected chi connectivity index (χ3v) is 5.07. The van der Waals surface area contributed by atoms with Crippen LogP contribution < -0.4 is 4.72 Å². The fourth-order valence-corrected chi connectivity index (χ4v) is 3.22. The highest BCUT2D eigenvalue weighted by molar-refractivity contribution is 7.89. The highest BCUT2D eigenvalue weighted by Gasteiger charge is 2.17. The topological polar surface area (TPSA) is 118 Å². The van der Waals surface area contributed by atoms with Crippen molar-refractivity contribution in [2.75, 3.05) is 6.61 Å². The molecule has 0 aliphatic heterocycles. The molecule has 0 aliphatic rings. The van der Waals surface area contributed by atoms with Crippen LogP contribution in [0, 0.1) is 0 Å². The van der Waals surface area contributed by atoms with Crippen molar-refractivity contribution in [3.8, 4) is 0 Å². The van der Waals surface area contributed by atoms with Crippen molar-refractivity contribution < 1.29 is 27.2 Å². The van der Waals surface area contributed by atoms with E-state index in [2.05, 4.69) is 9.71 Å². The zero-order valence-corrected chi connectivity index (χ0v) is 14.9. The van der Waals surface area contributed by atoms with E-state index >= 15 is 0 Å². The number of aromatic amines is 1. The van der Waals surface area contributed by atoms with E-state index in [1.807, 2.05) is 0 Å². The first kappa shape index (κ1) is 18.6. The summed E-state index contributed by atoms with van der Waals surface area (Å²) in [5.74, 6) is -0.609. The summed E-state index contributed by atoms with van der Waals surface area (Å²) >= 11 is 0. The fraction of sp³-hybridized carbons (Fsp3) is 0.111. The number of esters is 1. The van der Waals surface area contributed by atoms with E-state index < -0.39 is 22.6 Å². The molecule has 0 amide bonds. The smallest absolute Gasteiger partial charge is 0.338 e. The number of H-pyrrole nitrogens is 1. The Morgan fingerprint density at radius 1 is 1.07 bits per heavy atom. The molecule has 0 aliphatic carbocycles. The van der Waals surface area contributed by atoms with Crippen LogP contribution in [-0.4, -0.2) is 31.8 Å². The van der Waals surface area contributed by atoms with Crippen LogP contribution in [0.5, 0.6) is 0 Å². The number of hydrogen-bond donors (Lipinski definition) is 2. The minimum Gasteiger partial charge on any atom is -0.468 e. The summed E-state index contributed by atoms with van der Waals surface area (Å²) in [6.07, 6.45) is 3.04. The molecule has 3 rings (SSSR count). The molecule has 1 aromatic carbocycles. The van der Waals surface area contributed by atoms with Gasteiger partial charge in [0.1, 0.15) is 5.76 Å². The molecule has 3 aromatic rings. The van der Waals surface area contributed by atoms with Gasteiger partial charge in [-0.3, -0.25) is 4.79 Å². The lowest BCUT2D eigenvalue weighted by Crippen LogP contribution is -2.23. The van der Waals surface area contributed by atoms with Crippen molar-refractivity contribution in [3.63, 3.8) is 0 Å². The first-order valence-corrected chi connectivity index (χ1v) is 9.40. The number of aromatic nitrogens is 1. The molecule has 140 valence electrons. The number of Topliss-reactive ketones (excluding diaryl/α,β-unsaturated/α-hetero) is 1. The molecule has 2 heterocycles. The minimum atomic E-state index is -3.75. The predicted molar refractivity (Wildman–Crippen MR) is 94.6 cm³/mol. The Hall–Kier alpha value is -3.17. The average molecular weight is 388 g/mol. The van der Waals surface area contributed by atoms with Crippen LogP contribution in [-0.2, 0) is 21.3 Å². The van der Waals surface area contributed by atoms with Gasteiger partial charge in [0.15, 0.2) is 6.61 Å². The van der Waals surface area contributed by atoms with Crippen LogP contribution in [0.3, 0.4) is 0 Å². The number of hydrogen-bond acceptors (Lipinski definition) is 6. The summed E-state index contributed by atoms with van der Waals surface area (Å²) < 4.78 is 36.9. The summed E-state index contributed by atoms with van der Waals surface area (Å²) in [5.41, 5.74) is 0.478. The molecular weight excluding hydrogens is 372 g/mol. The standard InChI is InChI=1S/C18H16N2O6S/c21-17(16-4-1-9-19-16)12-26-18(22)13-5-7-15(8-6-13)27(23,24)20-11-14-3-2-10-25-14/h1-10,19-20H,11-12H2. The van der Waals surface area contributed by atoms with Gasteiger partial charge in [-0.25, -0.2) is 17.9 Å². The van der Waals surface area contributed by atoms with Gasteiger partial charge < -0.3 is 14.1 Å². The molecule has 9 heteroatoms. The number of rotatable bonds is 8. The van der Waals surface area contributed by atoms with E-state index in [4.69, 9.17) is 9.15 Å². The Balaban J connectivity index is 1.58. The minimum absolute atomic E-state index is 0.00642. The molecule has 0 unspecified atom stereocenters. The third kappa shape index (κ3) is 4.72. The number of carbonyl (C=O) groups is 2. The third-order valence-electron chi connectivity index (χ3n) is 3.65. The van der Waals surface area contributed by atoms with E-state index in [0.717, 1.165) is 0 Å². The lowest BCUT2D eigenvalue weighted by molar-refractivity contribution is 0.0473.